The lowest BCUT2D eigenvalue weighted by atomic mass is 10.1. The molecule has 1 amide bonds. The Morgan fingerprint density at radius 2 is 2.24 bits per heavy atom. The minimum atomic E-state index is 0.0252. The van der Waals surface area contributed by atoms with Gasteiger partial charge in [0.05, 0.1) is 24.4 Å². The van der Waals surface area contributed by atoms with Gasteiger partial charge in [-0.2, -0.15) is 0 Å². The number of hydrogen-bond acceptors (Lipinski definition) is 6. The van der Waals surface area contributed by atoms with Gasteiger partial charge in [-0.1, -0.05) is 42.1 Å². The topological polar surface area (TPSA) is 73.1 Å². The van der Waals surface area contributed by atoms with Crippen LogP contribution in [0, 0.1) is 0 Å². The molecule has 0 saturated carbocycles. The molecule has 2 heterocycles. The van der Waals surface area contributed by atoms with Gasteiger partial charge in [0.1, 0.15) is 0 Å². The molecule has 134 valence electrons. The number of carbonyl (C=O) groups excluding carboxylic acids is 1. The van der Waals surface area contributed by atoms with Crippen molar-refractivity contribution in [3.8, 4) is 0 Å². The Hall–Kier alpha value is -1.93. The molecule has 8 heteroatoms. The number of amides is 1. The second-order valence-corrected chi connectivity index (χ2v) is 7.10. The standard InChI is InChI=1S/C17H23N5O2S/c1-13(14-7-4-3-5-8-14)21(2)16(23)12-25-17-18-19-20-22(17)11-15-9-6-10-24-15/h3-5,7-8,13,15H,6,9-12H2,1-2H3. The maximum absolute atomic E-state index is 12.5. The lowest BCUT2D eigenvalue weighted by Gasteiger charge is -2.25. The van der Waals surface area contributed by atoms with Crippen LogP contribution in [0.2, 0.25) is 0 Å². The Morgan fingerprint density at radius 3 is 2.96 bits per heavy atom. The third-order valence-electron chi connectivity index (χ3n) is 4.48. The third kappa shape index (κ3) is 4.58. The molecule has 1 saturated heterocycles. The Labute approximate surface area is 151 Å². The number of aromatic nitrogens is 4. The predicted octanol–water partition coefficient (Wildman–Crippen LogP) is 2.16. The molecule has 25 heavy (non-hydrogen) atoms. The summed E-state index contributed by atoms with van der Waals surface area (Å²) in [4.78, 5) is 14.3. The minimum Gasteiger partial charge on any atom is -0.376 e. The molecule has 2 aromatic rings. The van der Waals surface area contributed by atoms with Crippen molar-refractivity contribution in [1.29, 1.82) is 0 Å². The number of nitrogens with zero attached hydrogens (tertiary/aromatic N) is 5. The van der Waals surface area contributed by atoms with Crippen LogP contribution in [0.3, 0.4) is 0 Å². The first-order valence-corrected chi connectivity index (χ1v) is 9.45. The molecule has 2 atom stereocenters. The monoisotopic (exact) mass is 361 g/mol. The number of carbonyl (C=O) groups is 1. The zero-order chi connectivity index (χ0) is 17.6. The summed E-state index contributed by atoms with van der Waals surface area (Å²) >= 11 is 1.37. The van der Waals surface area contributed by atoms with Gasteiger partial charge in [0, 0.05) is 13.7 Å². The van der Waals surface area contributed by atoms with Crippen molar-refractivity contribution in [3.63, 3.8) is 0 Å². The molecule has 1 fully saturated rings. The molecule has 2 unspecified atom stereocenters. The second kappa shape index (κ2) is 8.44. The zero-order valence-corrected chi connectivity index (χ0v) is 15.4. The number of tetrazole rings is 1. The summed E-state index contributed by atoms with van der Waals surface area (Å²) in [6, 6.07) is 10.0. The average Bonchev–Trinajstić information content (AvgIpc) is 3.31. The van der Waals surface area contributed by atoms with Crippen molar-refractivity contribution >= 4 is 17.7 Å². The summed E-state index contributed by atoms with van der Waals surface area (Å²) < 4.78 is 7.36. The predicted molar refractivity (Wildman–Crippen MR) is 95.1 cm³/mol. The van der Waals surface area contributed by atoms with Crippen molar-refractivity contribution in [2.45, 2.75) is 43.6 Å². The van der Waals surface area contributed by atoms with Gasteiger partial charge in [-0.15, -0.1) is 5.10 Å². The number of benzene rings is 1. The lowest BCUT2D eigenvalue weighted by Crippen LogP contribution is -2.31. The van der Waals surface area contributed by atoms with Crippen LogP contribution in [0.1, 0.15) is 31.4 Å². The summed E-state index contributed by atoms with van der Waals surface area (Å²) in [5.74, 6) is 0.354. The molecule has 0 bridgehead atoms. The summed E-state index contributed by atoms with van der Waals surface area (Å²) in [6.45, 7) is 3.47. The van der Waals surface area contributed by atoms with Crippen LogP contribution in [0.15, 0.2) is 35.5 Å². The van der Waals surface area contributed by atoms with Gasteiger partial charge in [0.2, 0.25) is 11.1 Å². The van der Waals surface area contributed by atoms with Crippen molar-refractivity contribution in [1.82, 2.24) is 25.1 Å². The molecule has 0 aliphatic carbocycles. The molecule has 1 aromatic carbocycles. The van der Waals surface area contributed by atoms with E-state index in [2.05, 4.69) is 15.5 Å². The highest BCUT2D eigenvalue weighted by atomic mass is 32.2. The molecule has 1 aliphatic heterocycles. The molecule has 7 nitrogen and oxygen atoms in total. The number of ether oxygens (including phenoxy) is 1. The second-order valence-electron chi connectivity index (χ2n) is 6.16. The van der Waals surface area contributed by atoms with E-state index in [0.29, 0.717) is 17.5 Å². The molecular formula is C17H23N5O2S. The van der Waals surface area contributed by atoms with E-state index in [4.69, 9.17) is 4.74 Å². The van der Waals surface area contributed by atoms with E-state index in [-0.39, 0.29) is 18.1 Å². The summed E-state index contributed by atoms with van der Waals surface area (Å²) in [7, 11) is 1.83. The number of rotatable bonds is 7. The van der Waals surface area contributed by atoms with Crippen LogP contribution in [-0.2, 0) is 16.1 Å². The molecule has 0 radical (unpaired) electrons. The van der Waals surface area contributed by atoms with Crippen molar-refractivity contribution < 1.29 is 9.53 Å². The van der Waals surface area contributed by atoms with Gasteiger partial charge in [-0.25, -0.2) is 4.68 Å². The largest absolute Gasteiger partial charge is 0.376 e. The van der Waals surface area contributed by atoms with Crippen molar-refractivity contribution in [2.75, 3.05) is 19.4 Å². The van der Waals surface area contributed by atoms with Crippen LogP contribution < -0.4 is 0 Å². The van der Waals surface area contributed by atoms with Gasteiger partial charge in [-0.05, 0) is 35.8 Å². The zero-order valence-electron chi connectivity index (χ0n) is 14.5. The van der Waals surface area contributed by atoms with Crippen LogP contribution in [0.25, 0.3) is 0 Å². The van der Waals surface area contributed by atoms with E-state index in [1.54, 1.807) is 9.58 Å². The van der Waals surface area contributed by atoms with E-state index >= 15 is 0 Å². The van der Waals surface area contributed by atoms with E-state index in [1.165, 1.54) is 11.8 Å². The highest BCUT2D eigenvalue weighted by molar-refractivity contribution is 7.99. The fraction of sp³-hybridized carbons (Fsp3) is 0.529. The highest BCUT2D eigenvalue weighted by Crippen LogP contribution is 2.22. The lowest BCUT2D eigenvalue weighted by molar-refractivity contribution is -0.128. The Balaban J connectivity index is 1.54. The normalized spacial score (nSPS) is 18.2. The van der Waals surface area contributed by atoms with Crippen molar-refractivity contribution in [3.05, 3.63) is 35.9 Å². The van der Waals surface area contributed by atoms with Gasteiger partial charge >= 0.3 is 0 Å². The summed E-state index contributed by atoms with van der Waals surface area (Å²) in [5.41, 5.74) is 1.12. The molecular weight excluding hydrogens is 338 g/mol. The van der Waals surface area contributed by atoms with Gasteiger partial charge in [0.15, 0.2) is 0 Å². The molecule has 1 aromatic heterocycles. The van der Waals surface area contributed by atoms with E-state index in [9.17, 15) is 4.79 Å². The minimum absolute atomic E-state index is 0.0252. The fourth-order valence-electron chi connectivity index (χ4n) is 2.79. The number of hydrogen-bond donors (Lipinski definition) is 0. The number of thioether (sulfide) groups is 1. The Bertz CT molecular complexity index is 687. The average molecular weight is 361 g/mol. The molecule has 1 aliphatic rings. The Kier molecular flexibility index (Phi) is 6.04. The van der Waals surface area contributed by atoms with Crippen LogP contribution in [0.4, 0.5) is 0 Å². The fourth-order valence-corrected chi connectivity index (χ4v) is 3.61. The maximum atomic E-state index is 12.5. The van der Waals surface area contributed by atoms with Crippen LogP contribution in [0.5, 0.6) is 0 Å². The SMILES string of the molecule is CC(c1ccccc1)N(C)C(=O)CSc1nnnn1CC1CCCO1. The molecule has 0 spiro atoms. The highest BCUT2D eigenvalue weighted by Gasteiger charge is 2.21. The first kappa shape index (κ1) is 17.9. The first-order chi connectivity index (χ1) is 12.1. The van der Waals surface area contributed by atoms with E-state index in [0.717, 1.165) is 25.0 Å². The summed E-state index contributed by atoms with van der Waals surface area (Å²) in [6.07, 6.45) is 2.27. The van der Waals surface area contributed by atoms with Crippen molar-refractivity contribution in [2.24, 2.45) is 0 Å². The molecule has 3 rings (SSSR count). The first-order valence-electron chi connectivity index (χ1n) is 8.46. The van der Waals surface area contributed by atoms with Gasteiger partial charge in [-0.3, -0.25) is 4.79 Å². The van der Waals surface area contributed by atoms with Crippen LogP contribution >= 0.6 is 11.8 Å². The van der Waals surface area contributed by atoms with Gasteiger partial charge in [0.25, 0.3) is 0 Å². The summed E-state index contributed by atoms with van der Waals surface area (Å²) in [5, 5.41) is 12.4. The van der Waals surface area contributed by atoms with E-state index < -0.39 is 0 Å². The van der Waals surface area contributed by atoms with Crippen LogP contribution in [-0.4, -0.2) is 56.5 Å². The third-order valence-corrected chi connectivity index (χ3v) is 5.42. The quantitative estimate of drug-likeness (QED) is 0.704. The van der Waals surface area contributed by atoms with Gasteiger partial charge < -0.3 is 9.64 Å². The van der Waals surface area contributed by atoms with E-state index in [1.807, 2.05) is 44.3 Å². The smallest absolute Gasteiger partial charge is 0.233 e. The maximum Gasteiger partial charge on any atom is 0.233 e. The molecule has 0 N–H and O–H groups in total. The Morgan fingerprint density at radius 1 is 1.44 bits per heavy atom.